The number of morpholine rings is 1. The van der Waals surface area contributed by atoms with Gasteiger partial charge in [0.25, 0.3) is 5.91 Å². The zero-order valence-electron chi connectivity index (χ0n) is 17.5. The van der Waals surface area contributed by atoms with Crippen LogP contribution in [-0.2, 0) is 4.74 Å². The van der Waals surface area contributed by atoms with Gasteiger partial charge in [0.05, 0.1) is 30.4 Å². The van der Waals surface area contributed by atoms with Gasteiger partial charge in [-0.1, -0.05) is 18.2 Å². The molecule has 1 fully saturated rings. The number of amides is 1. The van der Waals surface area contributed by atoms with Crippen LogP contribution >= 0.6 is 11.8 Å². The van der Waals surface area contributed by atoms with Gasteiger partial charge in [-0.05, 0) is 36.8 Å². The van der Waals surface area contributed by atoms with Crippen LogP contribution in [-0.4, -0.2) is 61.2 Å². The maximum Gasteiger partial charge on any atom is 0.253 e. The predicted octanol–water partition coefficient (Wildman–Crippen LogP) is 4.02. The molecule has 1 aliphatic rings. The molecule has 4 rings (SSSR count). The fourth-order valence-electron chi connectivity index (χ4n) is 3.54. The van der Waals surface area contributed by atoms with Crippen molar-refractivity contribution in [2.45, 2.75) is 17.1 Å². The quantitative estimate of drug-likeness (QED) is 0.579. The van der Waals surface area contributed by atoms with E-state index in [0.29, 0.717) is 18.8 Å². The largest absolute Gasteiger partial charge is 0.378 e. The average Bonchev–Trinajstić information content (AvgIpc) is 2.78. The summed E-state index contributed by atoms with van der Waals surface area (Å²) in [6.45, 7) is 5.16. The van der Waals surface area contributed by atoms with E-state index in [9.17, 15) is 4.79 Å². The number of nitrogens with zero attached hydrogens (tertiary/aromatic N) is 4. The summed E-state index contributed by atoms with van der Waals surface area (Å²) in [4.78, 5) is 27.3. The van der Waals surface area contributed by atoms with Gasteiger partial charge in [-0.15, -0.1) is 11.8 Å². The van der Waals surface area contributed by atoms with Crippen molar-refractivity contribution in [2.75, 3.05) is 45.3 Å². The first-order valence-corrected chi connectivity index (χ1v) is 11.0. The van der Waals surface area contributed by atoms with Crippen LogP contribution in [0.4, 0.5) is 5.82 Å². The third-order valence-corrected chi connectivity index (χ3v) is 6.30. The number of hydrogen-bond acceptors (Lipinski definition) is 6. The highest BCUT2D eigenvalue weighted by molar-refractivity contribution is 7.99. The molecular weight excluding hydrogens is 396 g/mol. The van der Waals surface area contributed by atoms with Crippen molar-refractivity contribution in [3.8, 4) is 0 Å². The van der Waals surface area contributed by atoms with Gasteiger partial charge in [0.2, 0.25) is 0 Å². The van der Waals surface area contributed by atoms with Gasteiger partial charge in [0.1, 0.15) is 5.82 Å². The van der Waals surface area contributed by atoms with E-state index in [1.807, 2.05) is 30.3 Å². The van der Waals surface area contributed by atoms with Gasteiger partial charge in [0, 0.05) is 42.9 Å². The molecule has 0 saturated carbocycles. The molecule has 0 spiro atoms. The number of hydrogen-bond donors (Lipinski definition) is 0. The number of fused-ring (bicyclic) bond motifs is 1. The van der Waals surface area contributed by atoms with E-state index in [0.717, 1.165) is 35.5 Å². The second kappa shape index (κ2) is 9.02. The Hall–Kier alpha value is -2.64. The van der Waals surface area contributed by atoms with Gasteiger partial charge < -0.3 is 14.5 Å². The Labute approximate surface area is 181 Å². The van der Waals surface area contributed by atoms with Crippen molar-refractivity contribution >= 4 is 34.5 Å². The maximum atomic E-state index is 12.7. The molecule has 1 aromatic heterocycles. The molecule has 2 aromatic carbocycles. The molecule has 0 aliphatic carbocycles. The third-order valence-electron chi connectivity index (χ3n) is 5.15. The summed E-state index contributed by atoms with van der Waals surface area (Å²) in [6.07, 6.45) is 1.80. The highest BCUT2D eigenvalue weighted by Gasteiger charge is 2.20. The van der Waals surface area contributed by atoms with Crippen LogP contribution in [0.1, 0.15) is 28.1 Å². The van der Waals surface area contributed by atoms with Crippen molar-refractivity contribution in [2.24, 2.45) is 0 Å². The zero-order chi connectivity index (χ0) is 21.1. The van der Waals surface area contributed by atoms with Crippen LogP contribution in [0.25, 0.3) is 11.0 Å². The molecule has 6 nitrogen and oxygen atoms in total. The normalized spacial score (nSPS) is 15.2. The maximum absolute atomic E-state index is 12.7. The molecule has 156 valence electrons. The molecule has 7 heteroatoms. The van der Waals surface area contributed by atoms with E-state index in [2.05, 4.69) is 28.9 Å². The number of carbonyl (C=O) groups is 1. The first-order valence-electron chi connectivity index (χ1n) is 10.1. The summed E-state index contributed by atoms with van der Waals surface area (Å²) in [5.41, 5.74) is 3.26. The second-order valence-electron chi connectivity index (χ2n) is 7.53. The van der Waals surface area contributed by atoms with Crippen molar-refractivity contribution in [1.82, 2.24) is 14.9 Å². The molecule has 3 aromatic rings. The monoisotopic (exact) mass is 422 g/mol. The Morgan fingerprint density at radius 2 is 1.90 bits per heavy atom. The minimum atomic E-state index is -0.0332. The van der Waals surface area contributed by atoms with Crippen LogP contribution in [0.3, 0.4) is 0 Å². The van der Waals surface area contributed by atoms with Gasteiger partial charge in [-0.3, -0.25) is 9.78 Å². The van der Waals surface area contributed by atoms with Crippen molar-refractivity contribution in [3.05, 3.63) is 59.8 Å². The van der Waals surface area contributed by atoms with E-state index < -0.39 is 0 Å². The van der Waals surface area contributed by atoms with Crippen molar-refractivity contribution in [3.63, 3.8) is 0 Å². The molecule has 30 heavy (non-hydrogen) atoms. The van der Waals surface area contributed by atoms with Crippen molar-refractivity contribution < 1.29 is 9.53 Å². The number of thioether (sulfide) groups is 1. The number of carbonyl (C=O) groups excluding carboxylic acids is 1. The van der Waals surface area contributed by atoms with Crippen LogP contribution in [0.15, 0.2) is 53.6 Å². The van der Waals surface area contributed by atoms with Crippen LogP contribution < -0.4 is 4.90 Å². The van der Waals surface area contributed by atoms with Gasteiger partial charge in [0.15, 0.2) is 0 Å². The summed E-state index contributed by atoms with van der Waals surface area (Å²) in [5.74, 6) is 0.824. The highest BCUT2D eigenvalue weighted by Crippen LogP contribution is 2.38. The molecule has 0 radical (unpaired) electrons. The van der Waals surface area contributed by atoms with Gasteiger partial charge in [-0.2, -0.15) is 0 Å². The Kier molecular flexibility index (Phi) is 6.20. The van der Waals surface area contributed by atoms with Crippen LogP contribution in [0.2, 0.25) is 0 Å². The zero-order valence-corrected chi connectivity index (χ0v) is 18.4. The van der Waals surface area contributed by atoms with Crippen LogP contribution in [0, 0.1) is 0 Å². The minimum Gasteiger partial charge on any atom is -0.378 e. The number of anilines is 1. The summed E-state index contributed by atoms with van der Waals surface area (Å²) >= 11 is 1.76. The standard InChI is InChI=1S/C23H26N4O2S/c1-16(30-18-7-5-4-6-8-18)19-13-17(23(28)26(2)3)14-20-22(19)25-21(15-24-20)27-9-11-29-12-10-27/h4-8,13-16H,9-12H2,1-3H3. The first kappa shape index (κ1) is 20.6. The summed E-state index contributed by atoms with van der Waals surface area (Å²) < 4.78 is 5.47. The smallest absolute Gasteiger partial charge is 0.253 e. The van der Waals surface area contributed by atoms with Gasteiger partial charge >= 0.3 is 0 Å². The second-order valence-corrected chi connectivity index (χ2v) is 8.95. The fraction of sp³-hybridized carbons (Fsp3) is 0.348. The average molecular weight is 423 g/mol. The van der Waals surface area contributed by atoms with E-state index in [4.69, 9.17) is 9.72 Å². The SMILES string of the molecule is CC(Sc1ccccc1)c1cc(C(=O)N(C)C)cc2ncc(N3CCOCC3)nc12. The van der Waals surface area contributed by atoms with E-state index in [-0.39, 0.29) is 11.2 Å². The highest BCUT2D eigenvalue weighted by atomic mass is 32.2. The lowest BCUT2D eigenvalue weighted by molar-refractivity contribution is 0.0827. The molecule has 1 amide bonds. The lowest BCUT2D eigenvalue weighted by atomic mass is 10.0. The van der Waals surface area contributed by atoms with E-state index >= 15 is 0 Å². The summed E-state index contributed by atoms with van der Waals surface area (Å²) in [7, 11) is 3.53. The molecule has 0 N–H and O–H groups in total. The van der Waals surface area contributed by atoms with E-state index in [1.54, 1.807) is 37.0 Å². The Morgan fingerprint density at radius 1 is 1.17 bits per heavy atom. The Morgan fingerprint density at radius 3 is 2.60 bits per heavy atom. The molecular formula is C23H26N4O2S. The number of aromatic nitrogens is 2. The summed E-state index contributed by atoms with van der Waals surface area (Å²) in [6, 6.07) is 14.1. The lowest BCUT2D eigenvalue weighted by Crippen LogP contribution is -2.36. The van der Waals surface area contributed by atoms with Gasteiger partial charge in [-0.25, -0.2) is 4.98 Å². The first-order chi connectivity index (χ1) is 14.5. The number of ether oxygens (including phenoxy) is 1. The molecule has 0 bridgehead atoms. The minimum absolute atomic E-state index is 0.0332. The molecule has 1 unspecified atom stereocenters. The molecule has 1 aliphatic heterocycles. The lowest BCUT2D eigenvalue weighted by Gasteiger charge is -2.28. The summed E-state index contributed by atoms with van der Waals surface area (Å²) in [5, 5.41) is 0.110. The Bertz CT molecular complexity index is 1040. The fourth-order valence-corrected chi connectivity index (χ4v) is 4.56. The Balaban J connectivity index is 1.78. The number of rotatable bonds is 5. The predicted molar refractivity (Wildman–Crippen MR) is 121 cm³/mol. The van der Waals surface area contributed by atoms with E-state index in [1.165, 1.54) is 4.90 Å². The third kappa shape index (κ3) is 4.42. The number of benzene rings is 2. The molecule has 1 atom stereocenters. The van der Waals surface area contributed by atoms with Crippen molar-refractivity contribution in [1.29, 1.82) is 0 Å². The topological polar surface area (TPSA) is 58.6 Å². The molecule has 1 saturated heterocycles. The molecule has 2 heterocycles. The van der Waals surface area contributed by atoms with Crippen LogP contribution in [0.5, 0.6) is 0 Å².